The topological polar surface area (TPSA) is 59.3 Å². The molecule has 1 aliphatic carbocycles. The van der Waals surface area contributed by atoms with Crippen LogP contribution >= 0.6 is 0 Å². The van der Waals surface area contributed by atoms with E-state index in [1.165, 1.54) is 32.1 Å². The van der Waals surface area contributed by atoms with Crippen molar-refractivity contribution in [3.8, 4) is 5.88 Å². The van der Waals surface area contributed by atoms with E-state index in [9.17, 15) is 5.11 Å². The summed E-state index contributed by atoms with van der Waals surface area (Å²) in [7, 11) is 3.60. The number of hydrogen-bond donors (Lipinski definition) is 2. The largest absolute Gasteiger partial charge is 0.481 e. The highest BCUT2D eigenvalue weighted by atomic mass is 16.5. The summed E-state index contributed by atoms with van der Waals surface area (Å²) < 4.78 is 7.22. The number of aromatic nitrogens is 2. The lowest BCUT2D eigenvalue weighted by molar-refractivity contribution is 0.126. The molecule has 0 bridgehead atoms. The molecule has 2 rings (SSSR count). The van der Waals surface area contributed by atoms with Crippen LogP contribution in [0, 0.1) is 12.3 Å². The molecule has 0 atom stereocenters. The van der Waals surface area contributed by atoms with Gasteiger partial charge in [0, 0.05) is 26.7 Å². The Morgan fingerprint density at radius 3 is 2.67 bits per heavy atom. The highest BCUT2D eigenvalue weighted by Gasteiger charge is 2.31. The maximum atomic E-state index is 9.37. The fourth-order valence-corrected chi connectivity index (χ4v) is 3.65. The van der Waals surface area contributed by atoms with E-state index in [0.29, 0.717) is 0 Å². The maximum Gasteiger partial charge on any atom is 0.216 e. The van der Waals surface area contributed by atoms with Crippen LogP contribution in [0.5, 0.6) is 5.88 Å². The summed E-state index contributed by atoms with van der Waals surface area (Å²) in [6.45, 7) is 4.04. The first-order chi connectivity index (χ1) is 10.1. The smallest absolute Gasteiger partial charge is 0.216 e. The highest BCUT2D eigenvalue weighted by molar-refractivity contribution is 5.30. The van der Waals surface area contributed by atoms with Gasteiger partial charge in [-0.3, -0.25) is 0 Å². The number of nitrogens with one attached hydrogen (secondary N) is 1. The van der Waals surface area contributed by atoms with Crippen molar-refractivity contribution in [3.63, 3.8) is 0 Å². The summed E-state index contributed by atoms with van der Waals surface area (Å²) >= 11 is 0. The molecular formula is C16H29N3O2. The van der Waals surface area contributed by atoms with Crippen molar-refractivity contribution >= 4 is 0 Å². The predicted molar refractivity (Wildman–Crippen MR) is 83.4 cm³/mol. The molecule has 0 aromatic carbocycles. The van der Waals surface area contributed by atoms with Gasteiger partial charge in [-0.25, -0.2) is 4.68 Å². The SMILES string of the molecule is COc1c(CNCC2(CCO)CCCCC2)c(C)nn1C. The number of ether oxygens (including phenoxy) is 1. The molecule has 1 heterocycles. The van der Waals surface area contributed by atoms with Crippen LogP contribution in [0.4, 0.5) is 0 Å². The van der Waals surface area contributed by atoms with Crippen molar-refractivity contribution in [1.29, 1.82) is 0 Å². The minimum absolute atomic E-state index is 0.274. The molecule has 0 radical (unpaired) electrons. The summed E-state index contributed by atoms with van der Waals surface area (Å²) in [5, 5.41) is 17.4. The molecular weight excluding hydrogens is 266 g/mol. The van der Waals surface area contributed by atoms with E-state index in [2.05, 4.69) is 10.4 Å². The Morgan fingerprint density at radius 1 is 1.33 bits per heavy atom. The molecule has 1 aliphatic rings. The third-order valence-corrected chi connectivity index (χ3v) is 4.84. The van der Waals surface area contributed by atoms with Crippen LogP contribution in [-0.4, -0.2) is 35.1 Å². The minimum Gasteiger partial charge on any atom is -0.481 e. The maximum absolute atomic E-state index is 9.37. The summed E-state index contributed by atoms with van der Waals surface area (Å²) in [5.74, 6) is 0.833. The van der Waals surface area contributed by atoms with Gasteiger partial charge in [0.1, 0.15) is 0 Å². The van der Waals surface area contributed by atoms with Crippen LogP contribution in [0.1, 0.15) is 49.8 Å². The van der Waals surface area contributed by atoms with Gasteiger partial charge in [0.15, 0.2) is 0 Å². The molecule has 5 nitrogen and oxygen atoms in total. The number of nitrogens with zero attached hydrogens (tertiary/aromatic N) is 2. The molecule has 1 aromatic heterocycles. The average molecular weight is 295 g/mol. The minimum atomic E-state index is 0.274. The second kappa shape index (κ2) is 7.27. The summed E-state index contributed by atoms with van der Waals surface area (Å²) in [4.78, 5) is 0. The second-order valence-corrected chi connectivity index (χ2v) is 6.33. The lowest BCUT2D eigenvalue weighted by Gasteiger charge is -2.37. The van der Waals surface area contributed by atoms with Gasteiger partial charge >= 0.3 is 0 Å². The van der Waals surface area contributed by atoms with Crippen molar-refractivity contribution in [1.82, 2.24) is 15.1 Å². The van der Waals surface area contributed by atoms with Gasteiger partial charge in [-0.15, -0.1) is 0 Å². The number of hydrogen-bond acceptors (Lipinski definition) is 4. The van der Waals surface area contributed by atoms with Gasteiger partial charge in [0.05, 0.1) is 18.4 Å². The molecule has 21 heavy (non-hydrogen) atoms. The molecule has 2 N–H and O–H groups in total. The Labute approximate surface area is 127 Å². The molecule has 1 saturated carbocycles. The number of methoxy groups -OCH3 is 1. The molecule has 120 valence electrons. The summed E-state index contributed by atoms with van der Waals surface area (Å²) in [5.41, 5.74) is 2.42. The third kappa shape index (κ3) is 3.77. The van der Waals surface area contributed by atoms with Crippen LogP contribution in [0.3, 0.4) is 0 Å². The van der Waals surface area contributed by atoms with E-state index in [1.54, 1.807) is 11.8 Å². The van der Waals surface area contributed by atoms with Crippen molar-refractivity contribution in [2.45, 2.75) is 52.0 Å². The van der Waals surface area contributed by atoms with Gasteiger partial charge in [-0.1, -0.05) is 19.3 Å². The van der Waals surface area contributed by atoms with Gasteiger partial charge in [0.25, 0.3) is 0 Å². The van der Waals surface area contributed by atoms with Crippen LogP contribution in [0.2, 0.25) is 0 Å². The monoisotopic (exact) mass is 295 g/mol. The van der Waals surface area contributed by atoms with Gasteiger partial charge in [-0.05, 0) is 31.6 Å². The quantitative estimate of drug-likeness (QED) is 0.809. The van der Waals surface area contributed by atoms with E-state index >= 15 is 0 Å². The third-order valence-electron chi connectivity index (χ3n) is 4.84. The van der Waals surface area contributed by atoms with E-state index in [1.807, 2.05) is 14.0 Å². The van der Waals surface area contributed by atoms with Crippen molar-refractivity contribution < 1.29 is 9.84 Å². The Morgan fingerprint density at radius 2 is 2.05 bits per heavy atom. The highest BCUT2D eigenvalue weighted by Crippen LogP contribution is 2.38. The molecule has 0 amide bonds. The lowest BCUT2D eigenvalue weighted by atomic mass is 9.72. The standard InChI is InChI=1S/C16H29N3O2/c1-13-14(15(21-3)19(2)18-13)11-17-12-16(9-10-20)7-5-4-6-8-16/h17,20H,4-12H2,1-3H3. The zero-order chi connectivity index (χ0) is 15.3. The van der Waals surface area contributed by atoms with Gasteiger partial charge in [-0.2, -0.15) is 5.10 Å². The second-order valence-electron chi connectivity index (χ2n) is 6.33. The first-order valence-corrected chi connectivity index (χ1v) is 8.00. The normalized spacial score (nSPS) is 17.9. The zero-order valence-corrected chi connectivity index (χ0v) is 13.6. The molecule has 1 fully saturated rings. The molecule has 0 saturated heterocycles. The molecule has 5 heteroatoms. The van der Waals surface area contributed by atoms with E-state index in [-0.39, 0.29) is 12.0 Å². The summed E-state index contributed by atoms with van der Waals surface area (Å²) in [6.07, 6.45) is 7.27. The molecule has 0 aliphatic heterocycles. The van der Waals surface area contributed by atoms with Crippen LogP contribution in [-0.2, 0) is 13.6 Å². The number of rotatable bonds is 7. The number of aliphatic hydroxyl groups excluding tert-OH is 1. The zero-order valence-electron chi connectivity index (χ0n) is 13.6. The van der Waals surface area contributed by atoms with E-state index in [4.69, 9.17) is 4.74 Å². The van der Waals surface area contributed by atoms with Crippen LogP contribution in [0.25, 0.3) is 0 Å². The molecule has 0 unspecified atom stereocenters. The van der Waals surface area contributed by atoms with Crippen LogP contribution in [0.15, 0.2) is 0 Å². The molecule has 1 aromatic rings. The van der Waals surface area contributed by atoms with Crippen molar-refractivity contribution in [2.24, 2.45) is 12.5 Å². The van der Waals surface area contributed by atoms with Crippen molar-refractivity contribution in [3.05, 3.63) is 11.3 Å². The number of aryl methyl sites for hydroxylation is 2. The Bertz CT molecular complexity index is 445. The van der Waals surface area contributed by atoms with E-state index in [0.717, 1.165) is 36.6 Å². The number of aliphatic hydroxyl groups is 1. The van der Waals surface area contributed by atoms with Gasteiger partial charge < -0.3 is 15.2 Å². The lowest BCUT2D eigenvalue weighted by Crippen LogP contribution is -2.36. The first kappa shape index (κ1) is 16.3. The van der Waals surface area contributed by atoms with Gasteiger partial charge in [0.2, 0.25) is 5.88 Å². The average Bonchev–Trinajstić information content (AvgIpc) is 2.74. The first-order valence-electron chi connectivity index (χ1n) is 8.00. The predicted octanol–water partition coefficient (Wildman–Crippen LogP) is 2.16. The van der Waals surface area contributed by atoms with E-state index < -0.39 is 0 Å². The Balaban J connectivity index is 1.96. The fourth-order valence-electron chi connectivity index (χ4n) is 3.65. The van der Waals surface area contributed by atoms with Crippen LogP contribution < -0.4 is 10.1 Å². The fraction of sp³-hybridized carbons (Fsp3) is 0.812. The van der Waals surface area contributed by atoms with Crippen molar-refractivity contribution in [2.75, 3.05) is 20.3 Å². The Hall–Kier alpha value is -1.07. The summed E-state index contributed by atoms with van der Waals surface area (Å²) in [6, 6.07) is 0. The Kier molecular flexibility index (Phi) is 5.65. The molecule has 0 spiro atoms.